The summed E-state index contributed by atoms with van der Waals surface area (Å²) in [7, 11) is 6.47. The molecule has 0 bridgehead atoms. The van der Waals surface area contributed by atoms with Crippen LogP contribution in [0.2, 0.25) is 0 Å². The highest BCUT2D eigenvalue weighted by Gasteiger charge is 2.26. The monoisotopic (exact) mass is 543 g/mol. The maximum absolute atomic E-state index is 5.78. The molecule has 1 fully saturated rings. The van der Waals surface area contributed by atoms with Gasteiger partial charge in [-0.3, -0.25) is 4.90 Å². The second-order valence-electron chi connectivity index (χ2n) is 8.84. The Labute approximate surface area is 233 Å². The highest BCUT2D eigenvalue weighted by atomic mass is 16.5. The van der Waals surface area contributed by atoms with Gasteiger partial charge in [0.25, 0.3) is 0 Å². The van der Waals surface area contributed by atoms with Crippen LogP contribution in [0.5, 0.6) is 23.0 Å². The second-order valence-corrected chi connectivity index (χ2v) is 8.84. The molecule has 0 unspecified atom stereocenters. The van der Waals surface area contributed by atoms with Crippen molar-refractivity contribution in [2.24, 2.45) is 0 Å². The number of methoxy groups -OCH3 is 4. The molecule has 5 rings (SSSR count). The average molecular weight is 544 g/mol. The molecular formula is C29H33N7O4. The largest absolute Gasteiger partial charge is 0.494 e. The van der Waals surface area contributed by atoms with Gasteiger partial charge in [-0.05, 0) is 36.4 Å². The molecule has 2 heterocycles. The van der Waals surface area contributed by atoms with Gasteiger partial charge in [0.05, 0.1) is 28.4 Å². The molecule has 3 aromatic carbocycles. The summed E-state index contributed by atoms with van der Waals surface area (Å²) in [5.74, 6) is 3.65. The van der Waals surface area contributed by atoms with E-state index in [9.17, 15) is 0 Å². The Balaban J connectivity index is 1.72. The lowest BCUT2D eigenvalue weighted by molar-refractivity contribution is 0.396. The number of benzene rings is 3. The van der Waals surface area contributed by atoms with E-state index < -0.39 is 0 Å². The minimum Gasteiger partial charge on any atom is -0.494 e. The number of ether oxygens (including phenoxy) is 4. The number of nitrogens with one attached hydrogen (secondary N) is 2. The summed E-state index contributed by atoms with van der Waals surface area (Å²) < 4.78 is 22.8. The number of rotatable bonds is 10. The lowest BCUT2D eigenvalue weighted by atomic mass is 10.2. The molecule has 0 saturated carbocycles. The number of nitrogens with zero attached hydrogens (tertiary/aromatic N) is 5. The number of hydrogen-bond acceptors (Lipinski definition) is 11. The zero-order valence-electron chi connectivity index (χ0n) is 23.0. The van der Waals surface area contributed by atoms with E-state index >= 15 is 0 Å². The maximum Gasteiger partial charge on any atom is 0.241 e. The number of piperazine rings is 1. The van der Waals surface area contributed by atoms with E-state index in [1.54, 1.807) is 28.4 Å². The molecule has 1 aliphatic heterocycles. The van der Waals surface area contributed by atoms with Gasteiger partial charge in [0.1, 0.15) is 34.4 Å². The van der Waals surface area contributed by atoms with E-state index in [1.165, 1.54) is 0 Å². The van der Waals surface area contributed by atoms with E-state index in [1.807, 2.05) is 71.6 Å². The first-order valence-corrected chi connectivity index (χ1v) is 12.9. The predicted octanol–water partition coefficient (Wildman–Crippen LogP) is 4.53. The molecule has 11 heteroatoms. The van der Waals surface area contributed by atoms with Crippen LogP contribution in [0.25, 0.3) is 0 Å². The Morgan fingerprint density at radius 2 is 1.27 bits per heavy atom. The van der Waals surface area contributed by atoms with Crippen molar-refractivity contribution in [2.45, 2.75) is 0 Å². The lowest BCUT2D eigenvalue weighted by Gasteiger charge is -2.30. The number of hydrogen-bond donors (Lipinski definition) is 2. The van der Waals surface area contributed by atoms with Crippen LogP contribution in [-0.4, -0.2) is 69.6 Å². The average Bonchev–Trinajstić information content (AvgIpc) is 3.02. The topological polar surface area (TPSA) is 106 Å². The molecule has 0 amide bonds. The van der Waals surface area contributed by atoms with Gasteiger partial charge < -0.3 is 34.5 Å². The van der Waals surface area contributed by atoms with E-state index in [-0.39, 0.29) is 0 Å². The number of aromatic nitrogens is 3. The highest BCUT2D eigenvalue weighted by molar-refractivity contribution is 5.82. The van der Waals surface area contributed by atoms with Crippen LogP contribution in [0.4, 0.5) is 34.9 Å². The molecular weight excluding hydrogens is 510 g/mol. The molecule has 0 radical (unpaired) electrons. The van der Waals surface area contributed by atoms with Crippen molar-refractivity contribution in [2.75, 3.05) is 69.7 Å². The van der Waals surface area contributed by atoms with Gasteiger partial charge in [0.15, 0.2) is 0 Å². The Kier molecular flexibility index (Phi) is 8.31. The zero-order chi connectivity index (χ0) is 27.9. The zero-order valence-corrected chi connectivity index (χ0v) is 23.0. The summed E-state index contributed by atoms with van der Waals surface area (Å²) in [6, 6.07) is 21.0. The quantitative estimate of drug-likeness (QED) is 0.295. The first-order chi connectivity index (χ1) is 19.7. The molecule has 40 heavy (non-hydrogen) atoms. The Morgan fingerprint density at radius 1 is 0.700 bits per heavy atom. The number of anilines is 6. The van der Waals surface area contributed by atoms with E-state index in [0.717, 1.165) is 31.9 Å². The van der Waals surface area contributed by atoms with Crippen molar-refractivity contribution in [3.05, 3.63) is 66.7 Å². The highest BCUT2D eigenvalue weighted by Crippen LogP contribution is 2.45. The van der Waals surface area contributed by atoms with Gasteiger partial charge in [-0.2, -0.15) is 15.0 Å². The van der Waals surface area contributed by atoms with E-state index in [0.29, 0.717) is 52.2 Å². The van der Waals surface area contributed by atoms with Crippen LogP contribution < -0.4 is 39.4 Å². The third-order valence-corrected chi connectivity index (χ3v) is 6.52. The van der Waals surface area contributed by atoms with Crippen molar-refractivity contribution in [1.29, 1.82) is 0 Å². The third-order valence-electron chi connectivity index (χ3n) is 6.52. The molecule has 1 saturated heterocycles. The van der Waals surface area contributed by atoms with Crippen LogP contribution in [0, 0.1) is 0 Å². The Morgan fingerprint density at radius 3 is 1.85 bits per heavy atom. The molecule has 0 spiro atoms. The first-order valence-electron chi connectivity index (χ1n) is 12.9. The fraction of sp³-hybridized carbons (Fsp3) is 0.276. The number of para-hydroxylation sites is 3. The molecule has 208 valence electrons. The lowest BCUT2D eigenvalue weighted by Crippen LogP contribution is -2.44. The molecule has 0 aliphatic carbocycles. The maximum atomic E-state index is 5.78. The molecule has 11 nitrogen and oxygen atoms in total. The summed E-state index contributed by atoms with van der Waals surface area (Å²) in [6.07, 6.45) is 0. The summed E-state index contributed by atoms with van der Waals surface area (Å²) in [4.78, 5) is 18.8. The van der Waals surface area contributed by atoms with Crippen LogP contribution in [0.15, 0.2) is 66.7 Å². The van der Waals surface area contributed by atoms with Crippen LogP contribution >= 0.6 is 0 Å². The minimum atomic E-state index is 0.330. The predicted molar refractivity (Wildman–Crippen MR) is 156 cm³/mol. The summed E-state index contributed by atoms with van der Waals surface area (Å²) >= 11 is 0. The third kappa shape index (κ3) is 5.50. The smallest absolute Gasteiger partial charge is 0.241 e. The van der Waals surface area contributed by atoms with Gasteiger partial charge in [-0.1, -0.05) is 30.3 Å². The van der Waals surface area contributed by atoms with Crippen molar-refractivity contribution in [3.63, 3.8) is 0 Å². The van der Waals surface area contributed by atoms with Gasteiger partial charge >= 0.3 is 0 Å². The van der Waals surface area contributed by atoms with Gasteiger partial charge in [-0.15, -0.1) is 0 Å². The van der Waals surface area contributed by atoms with Crippen LogP contribution in [0.3, 0.4) is 0 Å². The Bertz CT molecular complexity index is 1390. The minimum absolute atomic E-state index is 0.330. The van der Waals surface area contributed by atoms with Gasteiger partial charge in [0.2, 0.25) is 17.8 Å². The normalized spacial score (nSPS) is 12.9. The fourth-order valence-corrected chi connectivity index (χ4v) is 4.58. The molecule has 4 aromatic rings. The summed E-state index contributed by atoms with van der Waals surface area (Å²) in [5.41, 5.74) is 2.10. The van der Waals surface area contributed by atoms with Crippen molar-refractivity contribution >= 4 is 34.9 Å². The van der Waals surface area contributed by atoms with Gasteiger partial charge in [-0.25, -0.2) is 0 Å². The van der Waals surface area contributed by atoms with E-state index in [4.69, 9.17) is 33.9 Å². The van der Waals surface area contributed by atoms with Crippen molar-refractivity contribution in [1.82, 2.24) is 20.3 Å². The summed E-state index contributed by atoms with van der Waals surface area (Å²) in [5, 5.41) is 6.72. The van der Waals surface area contributed by atoms with Crippen molar-refractivity contribution < 1.29 is 18.9 Å². The Hall–Kier alpha value is -4.77. The summed E-state index contributed by atoms with van der Waals surface area (Å²) in [6.45, 7) is 3.16. The van der Waals surface area contributed by atoms with Crippen LogP contribution in [-0.2, 0) is 0 Å². The second kappa shape index (κ2) is 12.4. The first kappa shape index (κ1) is 26.8. The molecule has 1 aliphatic rings. The van der Waals surface area contributed by atoms with Crippen molar-refractivity contribution in [3.8, 4) is 23.0 Å². The fourth-order valence-electron chi connectivity index (χ4n) is 4.58. The SMILES string of the molecule is COc1cccc(OC)c1Nc1nc(N2CCNCC2)nc(N(c2ccccc2)c2c(OC)cccc2OC)n1. The standard InChI is InChI=1S/C29H33N7O4/c1-37-21-12-8-13-22(38-2)25(21)31-27-32-28(35-18-16-30-17-19-35)34-29(33-27)36(20-10-6-5-7-11-20)26-23(39-3)14-9-15-24(26)40-4/h5-15,30H,16-19H2,1-4H3,(H,31,32,33,34). The van der Waals surface area contributed by atoms with E-state index in [2.05, 4.69) is 15.5 Å². The van der Waals surface area contributed by atoms with Crippen LogP contribution in [0.1, 0.15) is 0 Å². The molecule has 0 atom stereocenters. The van der Waals surface area contributed by atoms with Gasteiger partial charge in [0, 0.05) is 31.9 Å². The molecule has 2 N–H and O–H groups in total. The molecule has 1 aromatic heterocycles.